The lowest BCUT2D eigenvalue weighted by atomic mass is 9.98. The van der Waals surface area contributed by atoms with E-state index in [1.807, 2.05) is 0 Å². The summed E-state index contributed by atoms with van der Waals surface area (Å²) in [6.45, 7) is 0. The second kappa shape index (κ2) is 6.35. The van der Waals surface area contributed by atoms with E-state index in [1.54, 1.807) is 0 Å². The van der Waals surface area contributed by atoms with Crippen molar-refractivity contribution in [3.63, 3.8) is 0 Å². The summed E-state index contributed by atoms with van der Waals surface area (Å²) in [4.78, 5) is 2.44. The summed E-state index contributed by atoms with van der Waals surface area (Å²) < 4.78 is 0. The summed E-state index contributed by atoms with van der Waals surface area (Å²) >= 11 is 0. The van der Waals surface area contributed by atoms with Gasteiger partial charge in [-0.25, -0.2) is 0 Å². The normalized spacial score (nSPS) is 12.6. The van der Waals surface area contributed by atoms with Gasteiger partial charge in [-0.1, -0.05) is 97.1 Å². The van der Waals surface area contributed by atoms with Crippen molar-refractivity contribution in [3.05, 3.63) is 114 Å². The van der Waals surface area contributed by atoms with Crippen molar-refractivity contribution in [1.82, 2.24) is 0 Å². The number of nitrogens with zero attached hydrogens (tertiary/aromatic N) is 1. The summed E-state index contributed by atoms with van der Waals surface area (Å²) in [5.74, 6) is 0. The SMILES string of the molecule is C1=Cc2ccccc2N(c2c3ccccc3cc3ccccc23)c2ccccc21. The zero-order chi connectivity index (χ0) is 19.2. The second-order valence-corrected chi connectivity index (χ2v) is 7.45. The molecule has 1 aliphatic heterocycles. The van der Waals surface area contributed by atoms with Crippen LogP contribution in [0.3, 0.4) is 0 Å². The van der Waals surface area contributed by atoms with E-state index in [4.69, 9.17) is 0 Å². The van der Waals surface area contributed by atoms with Gasteiger partial charge in [-0.15, -0.1) is 0 Å². The highest BCUT2D eigenvalue weighted by molar-refractivity contribution is 6.15. The molecule has 0 N–H and O–H groups in total. The van der Waals surface area contributed by atoms with Crippen molar-refractivity contribution in [2.24, 2.45) is 0 Å². The van der Waals surface area contributed by atoms with E-state index < -0.39 is 0 Å². The first-order valence-corrected chi connectivity index (χ1v) is 9.97. The molecule has 1 aliphatic rings. The maximum absolute atomic E-state index is 2.44. The number of rotatable bonds is 1. The van der Waals surface area contributed by atoms with E-state index in [9.17, 15) is 0 Å². The van der Waals surface area contributed by atoms with E-state index in [2.05, 4.69) is 120 Å². The molecule has 1 heterocycles. The van der Waals surface area contributed by atoms with Gasteiger partial charge < -0.3 is 4.90 Å². The van der Waals surface area contributed by atoms with Gasteiger partial charge in [0.1, 0.15) is 0 Å². The Labute approximate surface area is 170 Å². The Hall–Kier alpha value is -3.84. The van der Waals surface area contributed by atoms with Gasteiger partial charge in [-0.3, -0.25) is 0 Å². The van der Waals surface area contributed by atoms with Gasteiger partial charge in [0, 0.05) is 10.8 Å². The van der Waals surface area contributed by atoms with Crippen molar-refractivity contribution in [2.75, 3.05) is 4.90 Å². The van der Waals surface area contributed by atoms with Crippen LogP contribution in [-0.2, 0) is 0 Å². The van der Waals surface area contributed by atoms with Crippen LogP contribution in [0.2, 0.25) is 0 Å². The molecule has 6 rings (SSSR count). The van der Waals surface area contributed by atoms with Crippen molar-refractivity contribution < 1.29 is 0 Å². The molecule has 29 heavy (non-hydrogen) atoms. The summed E-state index contributed by atoms with van der Waals surface area (Å²) in [5.41, 5.74) is 6.09. The Morgan fingerprint density at radius 3 is 1.45 bits per heavy atom. The van der Waals surface area contributed by atoms with E-state index in [0.29, 0.717) is 0 Å². The maximum atomic E-state index is 2.44. The first kappa shape index (κ1) is 16.1. The summed E-state index contributed by atoms with van der Waals surface area (Å²) in [6.07, 6.45) is 4.45. The highest BCUT2D eigenvalue weighted by Gasteiger charge is 2.23. The van der Waals surface area contributed by atoms with E-state index in [-0.39, 0.29) is 0 Å². The van der Waals surface area contributed by atoms with Crippen molar-refractivity contribution in [1.29, 1.82) is 0 Å². The molecule has 5 aromatic rings. The number of fused-ring (bicyclic) bond motifs is 4. The van der Waals surface area contributed by atoms with Crippen LogP contribution in [0.15, 0.2) is 103 Å². The fourth-order valence-corrected chi connectivity index (χ4v) is 4.45. The third-order valence-electron chi connectivity index (χ3n) is 5.76. The van der Waals surface area contributed by atoms with Crippen LogP contribution in [-0.4, -0.2) is 0 Å². The Bertz CT molecular complexity index is 1310. The lowest BCUT2D eigenvalue weighted by Gasteiger charge is -2.29. The van der Waals surface area contributed by atoms with Gasteiger partial charge in [0.15, 0.2) is 0 Å². The molecule has 0 radical (unpaired) electrons. The molecule has 0 saturated heterocycles. The first-order chi connectivity index (χ1) is 14.4. The largest absolute Gasteiger partial charge is 0.308 e. The van der Waals surface area contributed by atoms with Crippen molar-refractivity contribution in [3.8, 4) is 0 Å². The van der Waals surface area contributed by atoms with Gasteiger partial charge >= 0.3 is 0 Å². The van der Waals surface area contributed by atoms with Gasteiger partial charge in [-0.05, 0) is 40.1 Å². The van der Waals surface area contributed by atoms with Crippen LogP contribution in [0.4, 0.5) is 17.1 Å². The highest BCUT2D eigenvalue weighted by atomic mass is 15.2. The first-order valence-electron chi connectivity index (χ1n) is 9.97. The molecule has 0 spiro atoms. The molecule has 0 fully saturated rings. The number of para-hydroxylation sites is 2. The molecule has 0 unspecified atom stereocenters. The highest BCUT2D eigenvalue weighted by Crippen LogP contribution is 2.47. The topological polar surface area (TPSA) is 3.24 Å². The van der Waals surface area contributed by atoms with Crippen LogP contribution < -0.4 is 4.90 Å². The molecule has 0 bridgehead atoms. The minimum atomic E-state index is 1.20. The Morgan fingerprint density at radius 2 is 0.897 bits per heavy atom. The molecule has 1 nitrogen and oxygen atoms in total. The van der Waals surface area contributed by atoms with Gasteiger partial charge in [0.05, 0.1) is 17.1 Å². The Balaban J connectivity index is 1.81. The van der Waals surface area contributed by atoms with Crippen LogP contribution in [0.5, 0.6) is 0 Å². The standard InChI is InChI=1S/C28H19N/c1-5-13-24-22(11-1)19-23-12-2-6-14-25(23)28(24)29-26-15-7-3-9-20(26)17-18-21-10-4-8-16-27(21)29/h1-19H. The molecule has 1 heteroatoms. The number of hydrogen-bond donors (Lipinski definition) is 0. The Kier molecular flexibility index (Phi) is 3.54. The number of anilines is 3. The summed E-state index contributed by atoms with van der Waals surface area (Å²) in [7, 11) is 0. The second-order valence-electron chi connectivity index (χ2n) is 7.45. The molecular weight excluding hydrogens is 350 g/mol. The fraction of sp³-hybridized carbons (Fsp3) is 0. The van der Waals surface area contributed by atoms with Gasteiger partial charge in [0.25, 0.3) is 0 Å². The summed E-state index contributed by atoms with van der Waals surface area (Å²) in [5, 5.41) is 5.04. The monoisotopic (exact) mass is 369 g/mol. The average Bonchev–Trinajstić information content (AvgIpc) is 2.94. The quantitative estimate of drug-likeness (QED) is 0.266. The average molecular weight is 369 g/mol. The smallest absolute Gasteiger partial charge is 0.0618 e. The van der Waals surface area contributed by atoms with Crippen LogP contribution >= 0.6 is 0 Å². The minimum absolute atomic E-state index is 1.20. The van der Waals surface area contributed by atoms with Gasteiger partial charge in [-0.2, -0.15) is 0 Å². The third kappa shape index (κ3) is 2.48. The fourth-order valence-electron chi connectivity index (χ4n) is 4.45. The predicted molar refractivity (Wildman–Crippen MR) is 125 cm³/mol. The zero-order valence-electron chi connectivity index (χ0n) is 15.9. The number of benzene rings is 5. The zero-order valence-corrected chi connectivity index (χ0v) is 15.9. The molecular formula is C28H19N. The van der Waals surface area contributed by atoms with Crippen LogP contribution in [0.25, 0.3) is 33.7 Å². The summed E-state index contributed by atoms with van der Waals surface area (Å²) in [6, 6.07) is 37.0. The van der Waals surface area contributed by atoms with Crippen LogP contribution in [0.1, 0.15) is 11.1 Å². The lowest BCUT2D eigenvalue weighted by molar-refractivity contribution is 1.30. The molecule has 136 valence electrons. The Morgan fingerprint density at radius 1 is 0.448 bits per heavy atom. The van der Waals surface area contributed by atoms with Crippen molar-refractivity contribution >= 4 is 50.8 Å². The van der Waals surface area contributed by atoms with E-state index >= 15 is 0 Å². The molecule has 5 aromatic carbocycles. The maximum Gasteiger partial charge on any atom is 0.0618 e. The molecule has 0 saturated carbocycles. The van der Waals surface area contributed by atoms with Gasteiger partial charge in [0.2, 0.25) is 0 Å². The molecule has 0 atom stereocenters. The van der Waals surface area contributed by atoms with Crippen molar-refractivity contribution in [2.45, 2.75) is 0 Å². The number of hydrogen-bond acceptors (Lipinski definition) is 1. The van der Waals surface area contributed by atoms with E-state index in [1.165, 1.54) is 49.7 Å². The lowest BCUT2D eigenvalue weighted by Crippen LogP contribution is -2.12. The molecule has 0 aromatic heterocycles. The van der Waals surface area contributed by atoms with Crippen LogP contribution in [0, 0.1) is 0 Å². The van der Waals surface area contributed by atoms with E-state index in [0.717, 1.165) is 0 Å². The molecule has 0 amide bonds. The minimum Gasteiger partial charge on any atom is -0.308 e. The predicted octanol–water partition coefficient (Wildman–Crippen LogP) is 7.95. The molecule has 0 aliphatic carbocycles. The third-order valence-corrected chi connectivity index (χ3v) is 5.76.